The van der Waals surface area contributed by atoms with Gasteiger partial charge in [-0.3, -0.25) is 4.98 Å². The first kappa shape index (κ1) is 14.1. The normalized spacial score (nSPS) is 12.8. The van der Waals surface area contributed by atoms with Crippen LogP contribution in [0.15, 0.2) is 21.2 Å². The molecule has 16 heavy (non-hydrogen) atoms. The van der Waals surface area contributed by atoms with Gasteiger partial charge in [-0.05, 0) is 57.7 Å². The molecule has 1 atom stereocenters. The van der Waals surface area contributed by atoms with Gasteiger partial charge in [0.05, 0.1) is 5.69 Å². The lowest BCUT2D eigenvalue weighted by Crippen LogP contribution is -2.26. The number of halogens is 2. The van der Waals surface area contributed by atoms with Crippen LogP contribution >= 0.6 is 31.9 Å². The highest BCUT2D eigenvalue weighted by Gasteiger charge is 2.05. The number of aliphatic hydroxyl groups excluding tert-OH is 1. The van der Waals surface area contributed by atoms with Crippen LogP contribution in [0.4, 0.5) is 0 Å². The molecule has 0 aliphatic carbocycles. The van der Waals surface area contributed by atoms with Crippen LogP contribution in [0, 0.1) is 0 Å². The predicted octanol–water partition coefficient (Wildman–Crippen LogP) is 2.86. The fraction of sp³-hybridized carbons (Fsp3) is 0.545. The highest BCUT2D eigenvalue weighted by molar-refractivity contribution is 9.11. The van der Waals surface area contributed by atoms with Gasteiger partial charge in [-0.15, -0.1) is 0 Å². The summed E-state index contributed by atoms with van der Waals surface area (Å²) in [6, 6.07) is 2.38. The van der Waals surface area contributed by atoms with Crippen molar-refractivity contribution in [3.05, 3.63) is 26.9 Å². The van der Waals surface area contributed by atoms with Gasteiger partial charge < -0.3 is 10.4 Å². The van der Waals surface area contributed by atoms with E-state index in [9.17, 15) is 0 Å². The smallest absolute Gasteiger partial charge is 0.0684 e. The molecule has 1 unspecified atom stereocenters. The molecule has 0 radical (unpaired) electrons. The molecule has 1 aromatic heterocycles. The lowest BCUT2D eigenvalue weighted by atomic mass is 10.2. The van der Waals surface area contributed by atoms with E-state index in [-0.39, 0.29) is 6.61 Å². The van der Waals surface area contributed by atoms with Crippen molar-refractivity contribution in [3.63, 3.8) is 0 Å². The Morgan fingerprint density at radius 1 is 1.50 bits per heavy atom. The fourth-order valence-electron chi connectivity index (χ4n) is 1.34. The summed E-state index contributed by atoms with van der Waals surface area (Å²) in [5, 5.41) is 12.1. The van der Waals surface area contributed by atoms with Crippen LogP contribution in [0.25, 0.3) is 0 Å². The van der Waals surface area contributed by atoms with Crippen molar-refractivity contribution < 1.29 is 5.11 Å². The first-order chi connectivity index (χ1) is 7.63. The molecule has 90 valence electrons. The third kappa shape index (κ3) is 4.91. The molecule has 0 saturated carbocycles. The van der Waals surface area contributed by atoms with E-state index >= 15 is 0 Å². The lowest BCUT2D eigenvalue weighted by Gasteiger charge is -2.13. The Morgan fingerprint density at radius 2 is 2.25 bits per heavy atom. The molecule has 0 fully saturated rings. The number of aliphatic hydroxyl groups is 1. The summed E-state index contributed by atoms with van der Waals surface area (Å²) in [5.41, 5.74) is 0.999. The summed E-state index contributed by atoms with van der Waals surface area (Å²) in [7, 11) is 0. The molecule has 0 saturated heterocycles. The van der Waals surface area contributed by atoms with Crippen LogP contribution in [0.1, 0.15) is 25.5 Å². The van der Waals surface area contributed by atoms with Gasteiger partial charge in [-0.25, -0.2) is 0 Å². The third-order valence-corrected chi connectivity index (χ3v) is 3.42. The van der Waals surface area contributed by atoms with Crippen LogP contribution in [-0.2, 0) is 6.54 Å². The van der Waals surface area contributed by atoms with Crippen LogP contribution in [0.3, 0.4) is 0 Å². The van der Waals surface area contributed by atoms with E-state index in [4.69, 9.17) is 5.11 Å². The van der Waals surface area contributed by atoms with E-state index in [1.54, 1.807) is 6.20 Å². The number of hydrogen-bond acceptors (Lipinski definition) is 3. The SMILES string of the molecule is CC(CCCO)NCc1ncc(Br)cc1Br. The van der Waals surface area contributed by atoms with E-state index in [1.807, 2.05) is 6.07 Å². The first-order valence-corrected chi connectivity index (χ1v) is 6.86. The second-order valence-corrected chi connectivity index (χ2v) is 5.50. The minimum atomic E-state index is 0.256. The summed E-state index contributed by atoms with van der Waals surface area (Å²) >= 11 is 6.85. The molecule has 0 spiro atoms. The van der Waals surface area contributed by atoms with Crippen molar-refractivity contribution in [2.45, 2.75) is 32.4 Å². The monoisotopic (exact) mass is 350 g/mol. The van der Waals surface area contributed by atoms with Crippen molar-refractivity contribution in [3.8, 4) is 0 Å². The summed E-state index contributed by atoms with van der Waals surface area (Å²) in [6.07, 6.45) is 3.61. The van der Waals surface area contributed by atoms with Crippen molar-refractivity contribution >= 4 is 31.9 Å². The maximum absolute atomic E-state index is 8.72. The van der Waals surface area contributed by atoms with E-state index in [0.29, 0.717) is 6.04 Å². The largest absolute Gasteiger partial charge is 0.396 e. The number of hydrogen-bond donors (Lipinski definition) is 2. The maximum Gasteiger partial charge on any atom is 0.0684 e. The summed E-state index contributed by atoms with van der Waals surface area (Å²) in [5.74, 6) is 0. The van der Waals surface area contributed by atoms with Crippen molar-refractivity contribution in [2.75, 3.05) is 6.61 Å². The topological polar surface area (TPSA) is 45.1 Å². The second-order valence-electron chi connectivity index (χ2n) is 3.73. The molecule has 0 amide bonds. The number of nitrogens with zero attached hydrogens (tertiary/aromatic N) is 1. The average molecular weight is 352 g/mol. The molecule has 0 aliphatic rings. The minimum absolute atomic E-state index is 0.256. The van der Waals surface area contributed by atoms with Gasteiger partial charge in [0, 0.05) is 34.3 Å². The molecular weight excluding hydrogens is 336 g/mol. The summed E-state index contributed by atoms with van der Waals surface area (Å²) < 4.78 is 1.97. The average Bonchev–Trinajstić information content (AvgIpc) is 2.25. The molecule has 2 N–H and O–H groups in total. The van der Waals surface area contributed by atoms with Gasteiger partial charge >= 0.3 is 0 Å². The van der Waals surface area contributed by atoms with Crippen molar-refractivity contribution in [2.24, 2.45) is 0 Å². The molecule has 0 bridgehead atoms. The molecular formula is C11H16Br2N2O. The standard InChI is InChI=1S/C11H16Br2N2O/c1-8(3-2-4-16)14-7-11-10(13)5-9(12)6-15-11/h5-6,8,14,16H,2-4,7H2,1H3. The zero-order valence-electron chi connectivity index (χ0n) is 9.21. The first-order valence-electron chi connectivity index (χ1n) is 5.27. The number of pyridine rings is 1. The van der Waals surface area contributed by atoms with Crippen LogP contribution in [-0.4, -0.2) is 22.7 Å². The zero-order chi connectivity index (χ0) is 12.0. The van der Waals surface area contributed by atoms with Crippen LogP contribution < -0.4 is 5.32 Å². The Hall–Kier alpha value is 0.0300. The molecule has 3 nitrogen and oxygen atoms in total. The number of aromatic nitrogens is 1. The van der Waals surface area contributed by atoms with E-state index in [1.165, 1.54) is 0 Å². The molecule has 0 aliphatic heterocycles. The Morgan fingerprint density at radius 3 is 2.88 bits per heavy atom. The Labute approximate surface area is 113 Å². The second kappa shape index (κ2) is 7.37. The van der Waals surface area contributed by atoms with Crippen molar-refractivity contribution in [1.82, 2.24) is 10.3 Å². The molecule has 1 aromatic rings. The molecule has 5 heteroatoms. The fourth-order valence-corrected chi connectivity index (χ4v) is 2.47. The van der Waals surface area contributed by atoms with Gasteiger partial charge in [-0.2, -0.15) is 0 Å². The lowest BCUT2D eigenvalue weighted by molar-refractivity contribution is 0.276. The van der Waals surface area contributed by atoms with Crippen LogP contribution in [0.5, 0.6) is 0 Å². The maximum atomic E-state index is 8.72. The Bertz CT molecular complexity index is 334. The number of nitrogens with one attached hydrogen (secondary N) is 1. The molecule has 1 rings (SSSR count). The predicted molar refractivity (Wildman–Crippen MR) is 72.3 cm³/mol. The van der Waals surface area contributed by atoms with Gasteiger partial charge in [-0.1, -0.05) is 0 Å². The van der Waals surface area contributed by atoms with Crippen LogP contribution in [0.2, 0.25) is 0 Å². The summed E-state index contributed by atoms with van der Waals surface area (Å²) in [6.45, 7) is 3.11. The number of rotatable bonds is 6. The molecule has 1 heterocycles. The third-order valence-electron chi connectivity index (χ3n) is 2.30. The quantitative estimate of drug-likeness (QED) is 0.828. The highest BCUT2D eigenvalue weighted by Crippen LogP contribution is 2.19. The van der Waals surface area contributed by atoms with Gasteiger partial charge in [0.1, 0.15) is 0 Å². The molecule has 0 aromatic carbocycles. The summed E-state index contributed by atoms with van der Waals surface area (Å²) in [4.78, 5) is 4.32. The van der Waals surface area contributed by atoms with E-state index in [2.05, 4.69) is 49.1 Å². The Balaban J connectivity index is 2.42. The minimum Gasteiger partial charge on any atom is -0.396 e. The van der Waals surface area contributed by atoms with Gasteiger partial charge in [0.2, 0.25) is 0 Å². The van der Waals surface area contributed by atoms with Crippen molar-refractivity contribution in [1.29, 1.82) is 0 Å². The van der Waals surface area contributed by atoms with Gasteiger partial charge in [0.15, 0.2) is 0 Å². The Kier molecular flexibility index (Phi) is 6.49. The van der Waals surface area contributed by atoms with Gasteiger partial charge in [0.25, 0.3) is 0 Å². The highest BCUT2D eigenvalue weighted by atomic mass is 79.9. The zero-order valence-corrected chi connectivity index (χ0v) is 12.4. The van der Waals surface area contributed by atoms with E-state index < -0.39 is 0 Å². The van der Waals surface area contributed by atoms with E-state index in [0.717, 1.165) is 34.0 Å².